The molecule has 1 unspecified atom stereocenters. The fourth-order valence-electron chi connectivity index (χ4n) is 2.82. The van der Waals surface area contributed by atoms with Crippen LogP contribution in [0.1, 0.15) is 50.7 Å². The molecule has 0 fully saturated rings. The Morgan fingerprint density at radius 3 is 2.71 bits per heavy atom. The molecule has 1 aliphatic carbocycles. The number of allylic oxidation sites excluding steroid dienone is 1. The molecule has 0 spiro atoms. The lowest BCUT2D eigenvalue weighted by Gasteiger charge is -2.23. The summed E-state index contributed by atoms with van der Waals surface area (Å²) < 4.78 is 5.48. The number of nitrogens with two attached hydrogens (primary N) is 1. The quantitative estimate of drug-likeness (QED) is 0.685. The van der Waals surface area contributed by atoms with Crippen molar-refractivity contribution in [2.24, 2.45) is 5.73 Å². The van der Waals surface area contributed by atoms with Gasteiger partial charge < -0.3 is 10.5 Å². The zero-order valence-electron chi connectivity index (χ0n) is 13.2. The van der Waals surface area contributed by atoms with Crippen molar-refractivity contribution in [3.05, 3.63) is 47.0 Å². The molecule has 0 bridgehead atoms. The number of hydrogen-bond donors (Lipinski definition) is 1. The van der Waals surface area contributed by atoms with E-state index < -0.39 is 5.60 Å². The van der Waals surface area contributed by atoms with Gasteiger partial charge >= 0.3 is 5.97 Å². The summed E-state index contributed by atoms with van der Waals surface area (Å²) in [4.78, 5) is 12.2. The predicted octanol–water partition coefficient (Wildman–Crippen LogP) is 3.33. The third-order valence-corrected chi connectivity index (χ3v) is 3.71. The van der Waals surface area contributed by atoms with Gasteiger partial charge in [-0.1, -0.05) is 35.9 Å². The second kappa shape index (κ2) is 6.44. The Morgan fingerprint density at radius 1 is 1.33 bits per heavy atom. The average molecular weight is 287 g/mol. The minimum atomic E-state index is -0.437. The van der Waals surface area contributed by atoms with E-state index in [0.29, 0.717) is 13.0 Å². The van der Waals surface area contributed by atoms with E-state index >= 15 is 0 Å². The molecule has 21 heavy (non-hydrogen) atoms. The van der Waals surface area contributed by atoms with Gasteiger partial charge in [0.05, 0.1) is 6.42 Å². The summed E-state index contributed by atoms with van der Waals surface area (Å²) in [5, 5.41) is 0. The molecule has 3 heteroatoms. The fraction of sp³-hybridized carbons (Fsp3) is 0.500. The molecular formula is C18H25NO2. The Balaban J connectivity index is 2.20. The summed E-state index contributed by atoms with van der Waals surface area (Å²) in [5.74, 6) is 0.0222. The van der Waals surface area contributed by atoms with Gasteiger partial charge in [0.2, 0.25) is 0 Å². The van der Waals surface area contributed by atoms with Gasteiger partial charge in [0.15, 0.2) is 0 Å². The van der Waals surface area contributed by atoms with Crippen LogP contribution in [-0.2, 0) is 16.0 Å². The van der Waals surface area contributed by atoms with Crippen molar-refractivity contribution in [2.45, 2.75) is 51.6 Å². The van der Waals surface area contributed by atoms with Crippen molar-refractivity contribution < 1.29 is 9.53 Å². The van der Waals surface area contributed by atoms with Crippen molar-refractivity contribution in [3.8, 4) is 0 Å². The highest BCUT2D eigenvalue weighted by Crippen LogP contribution is 2.33. The van der Waals surface area contributed by atoms with Gasteiger partial charge in [-0.05, 0) is 50.7 Å². The minimum Gasteiger partial charge on any atom is -0.460 e. The lowest BCUT2D eigenvalue weighted by Crippen LogP contribution is -2.25. The molecule has 0 radical (unpaired) electrons. The molecular weight excluding hydrogens is 262 g/mol. The maximum Gasteiger partial charge on any atom is 0.306 e. The SMILES string of the molecule is CC(C)(C)OC(=O)CC1CC(CN)=CCc2ccccc21. The van der Waals surface area contributed by atoms with Crippen molar-refractivity contribution in [1.82, 2.24) is 0 Å². The van der Waals surface area contributed by atoms with Crippen molar-refractivity contribution in [3.63, 3.8) is 0 Å². The molecule has 0 amide bonds. The number of ether oxygens (including phenoxy) is 1. The van der Waals surface area contributed by atoms with Gasteiger partial charge in [-0.3, -0.25) is 4.79 Å². The first-order valence-corrected chi connectivity index (χ1v) is 7.56. The summed E-state index contributed by atoms with van der Waals surface area (Å²) in [6.45, 7) is 6.25. The van der Waals surface area contributed by atoms with Crippen LogP contribution >= 0.6 is 0 Å². The predicted molar refractivity (Wildman–Crippen MR) is 85.1 cm³/mol. The summed E-state index contributed by atoms with van der Waals surface area (Å²) in [7, 11) is 0. The first-order chi connectivity index (χ1) is 9.89. The smallest absolute Gasteiger partial charge is 0.306 e. The van der Waals surface area contributed by atoms with Gasteiger partial charge in [-0.15, -0.1) is 0 Å². The maximum atomic E-state index is 12.2. The van der Waals surface area contributed by atoms with Crippen LogP contribution in [0.4, 0.5) is 0 Å². The van der Waals surface area contributed by atoms with Crippen LogP contribution in [0.3, 0.4) is 0 Å². The lowest BCUT2D eigenvalue weighted by molar-refractivity contribution is -0.155. The summed E-state index contributed by atoms with van der Waals surface area (Å²) in [6, 6.07) is 8.34. The average Bonchev–Trinajstić information content (AvgIpc) is 2.57. The molecule has 2 N–H and O–H groups in total. The number of carbonyl (C=O) groups is 1. The van der Waals surface area contributed by atoms with Crippen LogP contribution in [0.15, 0.2) is 35.9 Å². The number of fused-ring (bicyclic) bond motifs is 1. The minimum absolute atomic E-state index is 0.138. The molecule has 114 valence electrons. The molecule has 0 heterocycles. The molecule has 0 saturated heterocycles. The van der Waals surface area contributed by atoms with E-state index in [-0.39, 0.29) is 11.9 Å². The molecule has 0 aromatic heterocycles. The summed E-state index contributed by atoms with van der Waals surface area (Å²) in [6.07, 6.45) is 4.35. The highest BCUT2D eigenvalue weighted by Gasteiger charge is 2.25. The molecule has 2 rings (SSSR count). The van der Waals surface area contributed by atoms with Crippen LogP contribution in [0, 0.1) is 0 Å². The van der Waals surface area contributed by atoms with E-state index in [1.807, 2.05) is 32.9 Å². The van der Waals surface area contributed by atoms with E-state index in [2.05, 4.69) is 18.2 Å². The summed E-state index contributed by atoms with van der Waals surface area (Å²) in [5.41, 5.74) is 9.14. The lowest BCUT2D eigenvalue weighted by atomic mass is 9.88. The normalized spacial score (nSPS) is 18.5. The summed E-state index contributed by atoms with van der Waals surface area (Å²) >= 11 is 0. The zero-order valence-corrected chi connectivity index (χ0v) is 13.2. The van der Waals surface area contributed by atoms with Crippen LogP contribution in [0.5, 0.6) is 0 Å². The van der Waals surface area contributed by atoms with Crippen LogP contribution in [0.2, 0.25) is 0 Å². The van der Waals surface area contributed by atoms with Crippen LogP contribution in [-0.4, -0.2) is 18.1 Å². The molecule has 3 nitrogen and oxygen atoms in total. The van der Waals surface area contributed by atoms with E-state index in [1.54, 1.807) is 0 Å². The van der Waals surface area contributed by atoms with E-state index in [9.17, 15) is 4.79 Å². The molecule has 1 aromatic rings. The van der Waals surface area contributed by atoms with Crippen molar-refractivity contribution in [1.29, 1.82) is 0 Å². The topological polar surface area (TPSA) is 52.3 Å². The van der Waals surface area contributed by atoms with Crippen molar-refractivity contribution >= 4 is 5.97 Å². The number of rotatable bonds is 3. The molecule has 1 atom stereocenters. The molecule has 0 aliphatic heterocycles. The monoisotopic (exact) mass is 287 g/mol. The Kier molecular flexibility index (Phi) is 4.84. The second-order valence-electron chi connectivity index (χ2n) is 6.66. The molecule has 0 saturated carbocycles. The van der Waals surface area contributed by atoms with Gasteiger partial charge in [-0.25, -0.2) is 0 Å². The Morgan fingerprint density at radius 2 is 2.05 bits per heavy atom. The maximum absolute atomic E-state index is 12.2. The highest BCUT2D eigenvalue weighted by atomic mass is 16.6. The van der Waals surface area contributed by atoms with Gasteiger partial charge in [-0.2, -0.15) is 0 Å². The number of carbonyl (C=O) groups excluding carboxylic acids is 1. The number of hydrogen-bond acceptors (Lipinski definition) is 3. The standard InChI is InChI=1S/C18H25NO2/c1-18(2,3)21-17(20)11-15-10-13(12-19)8-9-14-6-4-5-7-16(14)15/h4-8,15H,9-12,19H2,1-3H3. The van der Waals surface area contributed by atoms with Crippen molar-refractivity contribution in [2.75, 3.05) is 6.54 Å². The van der Waals surface area contributed by atoms with E-state index in [4.69, 9.17) is 10.5 Å². The highest BCUT2D eigenvalue weighted by molar-refractivity contribution is 5.71. The third kappa shape index (κ3) is 4.43. The Hall–Kier alpha value is -1.61. The molecule has 1 aliphatic rings. The number of esters is 1. The Bertz CT molecular complexity index is 540. The second-order valence-corrected chi connectivity index (χ2v) is 6.66. The van der Waals surface area contributed by atoms with E-state index in [0.717, 1.165) is 12.8 Å². The first kappa shape index (κ1) is 15.8. The third-order valence-electron chi connectivity index (χ3n) is 3.71. The Labute approximate surface area is 127 Å². The first-order valence-electron chi connectivity index (χ1n) is 7.56. The number of benzene rings is 1. The molecule has 1 aromatic carbocycles. The van der Waals surface area contributed by atoms with Gasteiger partial charge in [0.25, 0.3) is 0 Å². The zero-order chi connectivity index (χ0) is 15.5. The van der Waals surface area contributed by atoms with E-state index in [1.165, 1.54) is 16.7 Å². The van der Waals surface area contributed by atoms with Crippen LogP contribution < -0.4 is 5.73 Å². The van der Waals surface area contributed by atoms with Crippen LogP contribution in [0.25, 0.3) is 0 Å². The van der Waals surface area contributed by atoms with Gasteiger partial charge in [0, 0.05) is 6.54 Å². The fourth-order valence-corrected chi connectivity index (χ4v) is 2.82. The van der Waals surface area contributed by atoms with Gasteiger partial charge in [0.1, 0.15) is 5.60 Å². The largest absolute Gasteiger partial charge is 0.460 e.